The molecule has 0 radical (unpaired) electrons. The highest BCUT2D eigenvalue weighted by molar-refractivity contribution is 7.80. The Labute approximate surface area is 172 Å². The van der Waals surface area contributed by atoms with E-state index in [9.17, 15) is 34.2 Å². The van der Waals surface area contributed by atoms with Crippen molar-refractivity contribution in [3.05, 3.63) is 0 Å². The quantitative estimate of drug-likeness (QED) is 0.126. The molecule has 4 amide bonds. The van der Waals surface area contributed by atoms with Gasteiger partial charge in [-0.3, -0.25) is 19.2 Å². The fraction of sp³-hybridized carbons (Fsp3) is 0.667. The molecule has 0 bridgehead atoms. The third-order valence-corrected chi connectivity index (χ3v) is 4.08. The second-order valence-corrected chi connectivity index (χ2v) is 6.53. The molecule has 0 aliphatic rings. The number of amides is 4. The molecule has 0 aromatic carbocycles. The van der Waals surface area contributed by atoms with E-state index in [4.69, 9.17) is 16.6 Å². The highest BCUT2D eigenvalue weighted by Gasteiger charge is 2.31. The van der Waals surface area contributed by atoms with E-state index in [0.29, 0.717) is 0 Å². The van der Waals surface area contributed by atoms with E-state index in [2.05, 4.69) is 23.3 Å². The Morgan fingerprint density at radius 3 is 1.93 bits per heavy atom. The van der Waals surface area contributed by atoms with Crippen LogP contribution in [0.25, 0.3) is 0 Å². The molecule has 166 valence electrons. The van der Waals surface area contributed by atoms with Crippen LogP contribution < -0.4 is 27.4 Å². The van der Waals surface area contributed by atoms with Crippen molar-refractivity contribution in [1.82, 2.24) is 16.0 Å². The highest BCUT2D eigenvalue weighted by atomic mass is 32.1. The summed E-state index contributed by atoms with van der Waals surface area (Å²) in [6, 6.07) is -5.56. The number of aliphatic carboxylic acids is 1. The molecule has 0 aliphatic heterocycles. The van der Waals surface area contributed by atoms with Crippen molar-refractivity contribution in [1.29, 1.82) is 0 Å². The van der Waals surface area contributed by atoms with E-state index < -0.39 is 66.5 Å². The number of carbonyl (C=O) groups is 5. The topological polar surface area (TPSA) is 234 Å². The Bertz CT molecular complexity index is 618. The number of carboxylic acid groups (broad SMARTS) is 1. The van der Waals surface area contributed by atoms with Crippen molar-refractivity contribution in [3.63, 3.8) is 0 Å². The zero-order valence-corrected chi connectivity index (χ0v) is 16.6. The van der Waals surface area contributed by atoms with Gasteiger partial charge in [-0.25, -0.2) is 4.79 Å². The molecule has 14 heteroatoms. The lowest BCUT2D eigenvalue weighted by molar-refractivity contribution is -0.145. The first-order valence-corrected chi connectivity index (χ1v) is 9.15. The van der Waals surface area contributed by atoms with Crippen molar-refractivity contribution in [3.8, 4) is 0 Å². The largest absolute Gasteiger partial charge is 0.480 e. The van der Waals surface area contributed by atoms with Gasteiger partial charge in [0.05, 0.1) is 18.8 Å². The lowest BCUT2D eigenvalue weighted by Gasteiger charge is -2.24. The van der Waals surface area contributed by atoms with Crippen LogP contribution in [0, 0.1) is 0 Å². The Morgan fingerprint density at radius 2 is 1.52 bits per heavy atom. The van der Waals surface area contributed by atoms with Gasteiger partial charge in [-0.1, -0.05) is 0 Å². The van der Waals surface area contributed by atoms with Crippen LogP contribution >= 0.6 is 12.6 Å². The zero-order chi connectivity index (χ0) is 22.7. The van der Waals surface area contributed by atoms with Crippen molar-refractivity contribution in [2.45, 2.75) is 50.0 Å². The van der Waals surface area contributed by atoms with Crippen LogP contribution in [-0.4, -0.2) is 87.5 Å². The lowest BCUT2D eigenvalue weighted by Crippen LogP contribution is -2.59. The van der Waals surface area contributed by atoms with Crippen LogP contribution in [0.5, 0.6) is 0 Å². The first-order valence-electron chi connectivity index (χ1n) is 8.52. The average molecular weight is 437 g/mol. The molecule has 0 fully saturated rings. The molecule has 29 heavy (non-hydrogen) atoms. The summed E-state index contributed by atoms with van der Waals surface area (Å²) in [5.41, 5.74) is 10.6. The van der Waals surface area contributed by atoms with Gasteiger partial charge in [0.15, 0.2) is 6.04 Å². The number of thiol groups is 1. The van der Waals surface area contributed by atoms with E-state index in [1.54, 1.807) is 0 Å². The highest BCUT2D eigenvalue weighted by Crippen LogP contribution is 1.99. The van der Waals surface area contributed by atoms with E-state index in [-0.39, 0.29) is 18.6 Å². The van der Waals surface area contributed by atoms with Gasteiger partial charge in [0.25, 0.3) is 0 Å². The average Bonchev–Trinajstić information content (AvgIpc) is 2.64. The van der Waals surface area contributed by atoms with Crippen molar-refractivity contribution < 1.29 is 39.3 Å². The van der Waals surface area contributed by atoms with E-state index >= 15 is 0 Å². The van der Waals surface area contributed by atoms with Crippen LogP contribution in [0.15, 0.2) is 0 Å². The maximum atomic E-state index is 12.3. The predicted octanol–water partition coefficient (Wildman–Crippen LogP) is -4.58. The van der Waals surface area contributed by atoms with Gasteiger partial charge in [-0.2, -0.15) is 12.6 Å². The second-order valence-electron chi connectivity index (χ2n) is 6.16. The third-order valence-electron chi connectivity index (χ3n) is 3.72. The summed E-state index contributed by atoms with van der Waals surface area (Å²) < 4.78 is 0. The van der Waals surface area contributed by atoms with E-state index in [0.717, 1.165) is 6.92 Å². The molecule has 5 unspecified atom stereocenters. The molecule has 0 rings (SSSR count). The molecular formula is C15H27N5O8S. The minimum atomic E-state index is -1.66. The van der Waals surface area contributed by atoms with Gasteiger partial charge in [0.2, 0.25) is 23.6 Å². The van der Waals surface area contributed by atoms with Crippen LogP contribution in [0.3, 0.4) is 0 Å². The maximum Gasteiger partial charge on any atom is 0.328 e. The minimum absolute atomic E-state index is 0.0420. The zero-order valence-electron chi connectivity index (χ0n) is 15.7. The summed E-state index contributed by atoms with van der Waals surface area (Å²) >= 11 is 3.93. The monoisotopic (exact) mass is 437 g/mol. The molecule has 13 nitrogen and oxygen atoms in total. The van der Waals surface area contributed by atoms with Gasteiger partial charge in [0.1, 0.15) is 12.1 Å². The van der Waals surface area contributed by atoms with Gasteiger partial charge in [0, 0.05) is 12.2 Å². The molecule has 0 saturated carbocycles. The Kier molecular flexibility index (Phi) is 11.8. The first kappa shape index (κ1) is 26.6. The van der Waals surface area contributed by atoms with E-state index in [1.165, 1.54) is 0 Å². The van der Waals surface area contributed by atoms with Crippen molar-refractivity contribution >= 4 is 42.2 Å². The summed E-state index contributed by atoms with van der Waals surface area (Å²) in [7, 11) is 0. The van der Waals surface area contributed by atoms with Crippen molar-refractivity contribution in [2.24, 2.45) is 11.5 Å². The summed E-state index contributed by atoms with van der Waals surface area (Å²) in [6.45, 7) is 0.259. The summed E-state index contributed by atoms with van der Waals surface area (Å²) in [6.07, 6.45) is -1.61. The molecule has 0 spiro atoms. The first-order chi connectivity index (χ1) is 13.4. The van der Waals surface area contributed by atoms with Crippen LogP contribution in [0.2, 0.25) is 0 Å². The van der Waals surface area contributed by atoms with Gasteiger partial charge < -0.3 is 42.7 Å². The molecule has 0 aliphatic carbocycles. The number of carboxylic acids is 1. The van der Waals surface area contributed by atoms with Gasteiger partial charge in [-0.05, 0) is 13.3 Å². The smallest absolute Gasteiger partial charge is 0.328 e. The molecule has 0 saturated heterocycles. The van der Waals surface area contributed by atoms with Crippen molar-refractivity contribution in [2.75, 3.05) is 12.4 Å². The van der Waals surface area contributed by atoms with Gasteiger partial charge in [-0.15, -0.1) is 0 Å². The summed E-state index contributed by atoms with van der Waals surface area (Å²) in [4.78, 5) is 58.1. The summed E-state index contributed by atoms with van der Waals surface area (Å²) in [5.74, 6) is -5.06. The van der Waals surface area contributed by atoms with E-state index in [1.807, 2.05) is 5.32 Å². The second kappa shape index (κ2) is 12.9. The Hall–Kier alpha value is -2.42. The number of aliphatic hydroxyl groups is 2. The SMILES string of the molecule is CC(O)C(NC(=O)C(CO)NC(=O)C(CS)NC(=O)C(N)CCC(N)=O)C(=O)O. The number of rotatable bonds is 13. The Morgan fingerprint density at radius 1 is 1.00 bits per heavy atom. The fourth-order valence-electron chi connectivity index (χ4n) is 2.01. The minimum Gasteiger partial charge on any atom is -0.480 e. The van der Waals surface area contributed by atoms with Gasteiger partial charge >= 0.3 is 5.97 Å². The fourth-order valence-corrected chi connectivity index (χ4v) is 2.27. The van der Waals surface area contributed by atoms with Crippen LogP contribution in [0.4, 0.5) is 0 Å². The molecule has 0 aromatic rings. The number of nitrogens with two attached hydrogens (primary N) is 2. The number of primary amides is 1. The molecule has 0 heterocycles. The number of nitrogens with one attached hydrogen (secondary N) is 3. The number of hydrogen-bond donors (Lipinski definition) is 9. The molecular weight excluding hydrogens is 410 g/mol. The molecule has 5 atom stereocenters. The number of hydrogen-bond acceptors (Lipinski definition) is 9. The standard InChI is InChI=1S/C15H27N5O8S/c1-6(22)11(15(27)28)20-13(25)8(4-21)18-14(26)9(5-29)19-12(24)7(16)2-3-10(17)23/h6-9,11,21-22,29H,2-5,16H2,1H3,(H2,17,23)(H,18,26)(H,19,24)(H,20,25)(H,27,28). The third kappa shape index (κ3) is 9.56. The normalized spacial score (nSPS) is 15.9. The lowest BCUT2D eigenvalue weighted by atomic mass is 10.1. The number of carbonyl (C=O) groups excluding carboxylic acids is 4. The summed E-state index contributed by atoms with van der Waals surface area (Å²) in [5, 5.41) is 34.1. The maximum absolute atomic E-state index is 12.3. The molecule has 0 aromatic heterocycles. The molecule has 10 N–H and O–H groups in total. The predicted molar refractivity (Wildman–Crippen MR) is 102 cm³/mol. The van der Waals surface area contributed by atoms with Crippen LogP contribution in [0.1, 0.15) is 19.8 Å². The van der Waals surface area contributed by atoms with Crippen LogP contribution in [-0.2, 0) is 24.0 Å². The Balaban J connectivity index is 4.95. The number of aliphatic hydroxyl groups excluding tert-OH is 2.